The molecular formula is C11H13NO2. The van der Waals surface area contributed by atoms with E-state index in [0.29, 0.717) is 0 Å². The lowest BCUT2D eigenvalue weighted by Crippen LogP contribution is -2.21. The zero-order chi connectivity index (χ0) is 9.71. The Morgan fingerprint density at radius 1 is 1.36 bits per heavy atom. The van der Waals surface area contributed by atoms with Gasteiger partial charge in [-0.15, -0.1) is 0 Å². The summed E-state index contributed by atoms with van der Waals surface area (Å²) in [6.45, 7) is 2.78. The van der Waals surface area contributed by atoms with Gasteiger partial charge in [0.2, 0.25) is 0 Å². The lowest BCUT2D eigenvalue weighted by Gasteiger charge is -2.07. The summed E-state index contributed by atoms with van der Waals surface area (Å²) in [4.78, 5) is 0. The Balaban J connectivity index is 2.13. The summed E-state index contributed by atoms with van der Waals surface area (Å²) >= 11 is 0. The third-order valence-corrected chi connectivity index (χ3v) is 3.00. The Kier molecular flexibility index (Phi) is 1.53. The van der Waals surface area contributed by atoms with E-state index in [0.717, 1.165) is 30.1 Å². The normalized spacial score (nSPS) is 27.9. The predicted molar refractivity (Wildman–Crippen MR) is 52.7 cm³/mol. The second-order valence-electron chi connectivity index (χ2n) is 3.94. The largest absolute Gasteiger partial charge is 0.493 e. The van der Waals surface area contributed by atoms with Crippen molar-refractivity contribution in [1.29, 1.82) is 0 Å². The Morgan fingerprint density at radius 2 is 2.21 bits per heavy atom. The van der Waals surface area contributed by atoms with Crippen molar-refractivity contribution in [2.24, 2.45) is 5.73 Å². The number of rotatable bonds is 0. The van der Waals surface area contributed by atoms with Gasteiger partial charge >= 0.3 is 0 Å². The van der Waals surface area contributed by atoms with E-state index < -0.39 is 0 Å². The summed E-state index contributed by atoms with van der Waals surface area (Å²) in [5, 5.41) is 0. The van der Waals surface area contributed by atoms with Crippen molar-refractivity contribution in [3.63, 3.8) is 0 Å². The van der Waals surface area contributed by atoms with Crippen LogP contribution < -0.4 is 15.2 Å². The molecule has 0 bridgehead atoms. The van der Waals surface area contributed by atoms with E-state index in [1.54, 1.807) is 0 Å². The van der Waals surface area contributed by atoms with E-state index in [2.05, 4.69) is 6.07 Å². The fourth-order valence-corrected chi connectivity index (χ4v) is 2.11. The minimum absolute atomic E-state index is 0.0101. The summed E-state index contributed by atoms with van der Waals surface area (Å²) in [5.41, 5.74) is 8.41. The van der Waals surface area contributed by atoms with Crippen LogP contribution in [-0.4, -0.2) is 12.7 Å². The van der Waals surface area contributed by atoms with Gasteiger partial charge in [0, 0.05) is 18.1 Å². The monoisotopic (exact) mass is 191 g/mol. The van der Waals surface area contributed by atoms with Crippen LogP contribution in [0.2, 0.25) is 0 Å². The van der Waals surface area contributed by atoms with Crippen molar-refractivity contribution in [2.75, 3.05) is 6.61 Å². The van der Waals surface area contributed by atoms with E-state index in [4.69, 9.17) is 15.2 Å². The van der Waals surface area contributed by atoms with Gasteiger partial charge in [0.1, 0.15) is 17.6 Å². The molecule has 2 atom stereocenters. The van der Waals surface area contributed by atoms with Crippen LogP contribution in [0.25, 0.3) is 0 Å². The number of hydrogen-bond donors (Lipinski definition) is 1. The summed E-state index contributed by atoms with van der Waals surface area (Å²) in [7, 11) is 0. The molecule has 0 aromatic heterocycles. The van der Waals surface area contributed by atoms with Crippen molar-refractivity contribution >= 4 is 0 Å². The SMILES string of the molecule is CC1Oc2cc3c(cc2C1N)CCO3. The average Bonchev–Trinajstić information content (AvgIpc) is 2.70. The third-order valence-electron chi connectivity index (χ3n) is 3.00. The van der Waals surface area contributed by atoms with Crippen molar-refractivity contribution in [2.45, 2.75) is 25.5 Å². The quantitative estimate of drug-likeness (QED) is 0.674. The number of benzene rings is 1. The molecule has 0 radical (unpaired) electrons. The van der Waals surface area contributed by atoms with E-state index in [-0.39, 0.29) is 12.1 Å². The first kappa shape index (κ1) is 8.12. The maximum Gasteiger partial charge on any atom is 0.128 e. The van der Waals surface area contributed by atoms with Crippen molar-refractivity contribution < 1.29 is 9.47 Å². The number of hydrogen-bond acceptors (Lipinski definition) is 3. The molecule has 3 nitrogen and oxygen atoms in total. The minimum atomic E-state index is 0.0101. The smallest absolute Gasteiger partial charge is 0.128 e. The molecule has 0 saturated carbocycles. The van der Waals surface area contributed by atoms with Gasteiger partial charge in [-0.2, -0.15) is 0 Å². The van der Waals surface area contributed by atoms with Gasteiger partial charge in [0.25, 0.3) is 0 Å². The van der Waals surface area contributed by atoms with E-state index >= 15 is 0 Å². The molecule has 14 heavy (non-hydrogen) atoms. The molecular weight excluding hydrogens is 178 g/mol. The van der Waals surface area contributed by atoms with Gasteiger partial charge in [-0.3, -0.25) is 0 Å². The van der Waals surface area contributed by atoms with Crippen molar-refractivity contribution in [3.05, 3.63) is 23.3 Å². The average molecular weight is 191 g/mol. The van der Waals surface area contributed by atoms with Crippen LogP contribution in [0.4, 0.5) is 0 Å². The molecule has 74 valence electrons. The molecule has 1 aromatic carbocycles. The van der Waals surface area contributed by atoms with Gasteiger partial charge < -0.3 is 15.2 Å². The first-order valence-corrected chi connectivity index (χ1v) is 4.97. The highest BCUT2D eigenvalue weighted by Gasteiger charge is 2.30. The van der Waals surface area contributed by atoms with Gasteiger partial charge in [-0.1, -0.05) is 0 Å². The van der Waals surface area contributed by atoms with Crippen LogP contribution in [0.5, 0.6) is 11.5 Å². The Bertz CT molecular complexity index is 389. The summed E-state index contributed by atoms with van der Waals surface area (Å²) in [5.74, 6) is 1.86. The van der Waals surface area contributed by atoms with Crippen LogP contribution in [0, 0.1) is 0 Å². The Morgan fingerprint density at radius 3 is 3.07 bits per heavy atom. The first-order chi connectivity index (χ1) is 6.75. The number of ether oxygens (including phenoxy) is 2. The first-order valence-electron chi connectivity index (χ1n) is 4.97. The second kappa shape index (κ2) is 2.64. The second-order valence-corrected chi connectivity index (χ2v) is 3.94. The van der Waals surface area contributed by atoms with Crippen LogP contribution in [0.3, 0.4) is 0 Å². The highest BCUT2D eigenvalue weighted by Crippen LogP contribution is 2.41. The van der Waals surface area contributed by atoms with Crippen molar-refractivity contribution in [1.82, 2.24) is 0 Å². The van der Waals surface area contributed by atoms with Gasteiger partial charge in [-0.05, 0) is 18.6 Å². The van der Waals surface area contributed by atoms with Crippen LogP contribution in [0.15, 0.2) is 12.1 Å². The molecule has 3 rings (SSSR count). The zero-order valence-corrected chi connectivity index (χ0v) is 8.12. The van der Waals surface area contributed by atoms with E-state index in [9.17, 15) is 0 Å². The van der Waals surface area contributed by atoms with Crippen LogP contribution in [-0.2, 0) is 6.42 Å². The molecule has 0 aliphatic carbocycles. The highest BCUT2D eigenvalue weighted by atomic mass is 16.5. The fourth-order valence-electron chi connectivity index (χ4n) is 2.11. The molecule has 1 aromatic rings. The summed E-state index contributed by atoms with van der Waals surface area (Å²) in [6.07, 6.45) is 1.07. The molecule has 2 aliphatic rings. The maximum atomic E-state index is 6.02. The van der Waals surface area contributed by atoms with E-state index in [1.165, 1.54) is 5.56 Å². The minimum Gasteiger partial charge on any atom is -0.493 e. The van der Waals surface area contributed by atoms with Crippen LogP contribution in [0.1, 0.15) is 24.1 Å². The predicted octanol–water partition coefficient (Wildman–Crippen LogP) is 1.40. The molecule has 2 N–H and O–H groups in total. The molecule has 2 aliphatic heterocycles. The molecule has 0 fully saturated rings. The summed E-state index contributed by atoms with van der Waals surface area (Å²) < 4.78 is 11.1. The molecule has 0 spiro atoms. The molecule has 2 unspecified atom stereocenters. The maximum absolute atomic E-state index is 6.02. The molecule has 3 heteroatoms. The van der Waals surface area contributed by atoms with Gasteiger partial charge in [-0.25, -0.2) is 0 Å². The van der Waals surface area contributed by atoms with Crippen molar-refractivity contribution in [3.8, 4) is 11.5 Å². The number of nitrogens with two attached hydrogens (primary N) is 1. The standard InChI is InChI=1S/C11H13NO2/c1-6-11(12)8-4-7-2-3-13-9(7)5-10(8)14-6/h4-6,11H,2-3,12H2,1H3. The zero-order valence-electron chi connectivity index (χ0n) is 8.12. The third kappa shape index (κ3) is 0.960. The highest BCUT2D eigenvalue weighted by molar-refractivity contribution is 5.51. The molecule has 0 amide bonds. The van der Waals surface area contributed by atoms with Crippen LogP contribution >= 0.6 is 0 Å². The topological polar surface area (TPSA) is 44.5 Å². The number of fused-ring (bicyclic) bond motifs is 2. The fraction of sp³-hybridized carbons (Fsp3) is 0.455. The molecule has 0 saturated heterocycles. The van der Waals surface area contributed by atoms with Gasteiger partial charge in [0.15, 0.2) is 0 Å². The Labute approximate surface area is 82.8 Å². The lowest BCUT2D eigenvalue weighted by molar-refractivity contribution is 0.227. The summed E-state index contributed by atoms with van der Waals surface area (Å²) in [6, 6.07) is 4.11. The Hall–Kier alpha value is -1.22. The molecule has 2 heterocycles. The lowest BCUT2D eigenvalue weighted by atomic mass is 10.0. The van der Waals surface area contributed by atoms with E-state index in [1.807, 2.05) is 13.0 Å². The van der Waals surface area contributed by atoms with Gasteiger partial charge in [0.05, 0.1) is 12.6 Å².